The smallest absolute Gasteiger partial charge is 0.0370 e. The highest BCUT2D eigenvalue weighted by atomic mass is 15.3. The van der Waals surface area contributed by atoms with Crippen molar-refractivity contribution in [2.75, 3.05) is 31.1 Å². The SMILES string of the molecule is C=C(CCCc1cccc(C)c1)N1CCN(c2cccc(C)c2)CC1. The van der Waals surface area contributed by atoms with Crippen molar-refractivity contribution < 1.29 is 0 Å². The summed E-state index contributed by atoms with van der Waals surface area (Å²) in [7, 11) is 0. The molecule has 1 aliphatic rings. The molecule has 0 saturated carbocycles. The van der Waals surface area contributed by atoms with Gasteiger partial charge < -0.3 is 9.80 Å². The summed E-state index contributed by atoms with van der Waals surface area (Å²) in [5.41, 5.74) is 6.78. The van der Waals surface area contributed by atoms with Crippen LogP contribution in [0.2, 0.25) is 0 Å². The van der Waals surface area contributed by atoms with Gasteiger partial charge >= 0.3 is 0 Å². The Kier molecular flexibility index (Phi) is 5.80. The van der Waals surface area contributed by atoms with Crippen molar-refractivity contribution >= 4 is 5.69 Å². The van der Waals surface area contributed by atoms with Crippen molar-refractivity contribution in [3.8, 4) is 0 Å². The van der Waals surface area contributed by atoms with E-state index >= 15 is 0 Å². The van der Waals surface area contributed by atoms with Crippen molar-refractivity contribution in [1.82, 2.24) is 4.90 Å². The maximum Gasteiger partial charge on any atom is 0.0370 e. The summed E-state index contributed by atoms with van der Waals surface area (Å²) >= 11 is 0. The Balaban J connectivity index is 1.44. The van der Waals surface area contributed by atoms with Gasteiger partial charge in [0.15, 0.2) is 0 Å². The Bertz CT molecular complexity index is 712. The Labute approximate surface area is 152 Å². The van der Waals surface area contributed by atoms with Crippen LogP contribution in [0.15, 0.2) is 60.8 Å². The Hall–Kier alpha value is -2.22. The molecule has 132 valence electrons. The number of nitrogens with zero attached hydrogens (tertiary/aromatic N) is 2. The molecular formula is C23H30N2. The first kappa shape index (κ1) is 17.6. The number of anilines is 1. The number of benzene rings is 2. The summed E-state index contributed by atoms with van der Waals surface area (Å²) in [4.78, 5) is 4.96. The lowest BCUT2D eigenvalue weighted by molar-refractivity contribution is 0.311. The minimum atomic E-state index is 1.08. The quantitative estimate of drug-likeness (QED) is 0.736. The largest absolute Gasteiger partial charge is 0.372 e. The molecule has 2 aromatic rings. The van der Waals surface area contributed by atoms with Gasteiger partial charge in [0.25, 0.3) is 0 Å². The van der Waals surface area contributed by atoms with E-state index in [2.05, 4.69) is 78.8 Å². The summed E-state index contributed by atoms with van der Waals surface area (Å²) in [5.74, 6) is 0. The number of aryl methyl sites for hydroxylation is 3. The molecule has 0 bridgehead atoms. The highest BCUT2D eigenvalue weighted by Crippen LogP contribution is 2.20. The van der Waals surface area contributed by atoms with Crippen molar-refractivity contribution in [2.24, 2.45) is 0 Å². The van der Waals surface area contributed by atoms with Crippen LogP contribution in [0.5, 0.6) is 0 Å². The molecule has 1 fully saturated rings. The van der Waals surface area contributed by atoms with Crippen LogP contribution in [0.4, 0.5) is 5.69 Å². The van der Waals surface area contributed by atoms with Gasteiger partial charge in [-0.1, -0.05) is 48.5 Å². The molecule has 25 heavy (non-hydrogen) atoms. The number of piperazine rings is 1. The zero-order chi connectivity index (χ0) is 17.6. The minimum Gasteiger partial charge on any atom is -0.372 e. The van der Waals surface area contributed by atoms with Crippen LogP contribution >= 0.6 is 0 Å². The van der Waals surface area contributed by atoms with Gasteiger partial charge in [-0.15, -0.1) is 0 Å². The van der Waals surface area contributed by atoms with E-state index in [0.29, 0.717) is 0 Å². The van der Waals surface area contributed by atoms with Crippen molar-refractivity contribution in [1.29, 1.82) is 0 Å². The molecule has 0 radical (unpaired) electrons. The van der Waals surface area contributed by atoms with E-state index in [9.17, 15) is 0 Å². The predicted molar refractivity (Wildman–Crippen MR) is 108 cm³/mol. The molecule has 0 amide bonds. The molecule has 2 heteroatoms. The van der Waals surface area contributed by atoms with Crippen molar-refractivity contribution in [3.63, 3.8) is 0 Å². The van der Waals surface area contributed by atoms with Gasteiger partial charge in [0.1, 0.15) is 0 Å². The topological polar surface area (TPSA) is 6.48 Å². The zero-order valence-electron chi connectivity index (χ0n) is 15.7. The Morgan fingerprint density at radius 2 is 1.60 bits per heavy atom. The number of hydrogen-bond donors (Lipinski definition) is 0. The number of hydrogen-bond acceptors (Lipinski definition) is 2. The normalized spacial score (nSPS) is 14.6. The van der Waals surface area contributed by atoms with E-state index in [1.165, 1.54) is 34.5 Å². The van der Waals surface area contributed by atoms with Gasteiger partial charge in [0, 0.05) is 37.6 Å². The van der Waals surface area contributed by atoms with Gasteiger partial charge in [-0.3, -0.25) is 0 Å². The lowest BCUT2D eigenvalue weighted by atomic mass is 10.0. The first-order valence-electron chi connectivity index (χ1n) is 9.42. The maximum absolute atomic E-state index is 4.35. The summed E-state index contributed by atoms with van der Waals surface area (Å²) in [6.45, 7) is 13.0. The first-order chi connectivity index (χ1) is 12.1. The van der Waals surface area contributed by atoms with E-state index in [-0.39, 0.29) is 0 Å². The molecule has 0 aliphatic carbocycles. The third-order valence-electron chi connectivity index (χ3n) is 5.11. The average molecular weight is 335 g/mol. The van der Waals surface area contributed by atoms with E-state index in [1.54, 1.807) is 0 Å². The molecule has 1 aliphatic heterocycles. The molecule has 2 aromatic carbocycles. The molecular weight excluding hydrogens is 304 g/mol. The molecule has 2 nitrogen and oxygen atoms in total. The predicted octanol–water partition coefficient (Wildman–Crippen LogP) is 4.96. The Morgan fingerprint density at radius 3 is 2.28 bits per heavy atom. The second kappa shape index (κ2) is 8.24. The van der Waals surface area contributed by atoms with Crippen LogP contribution in [-0.4, -0.2) is 31.1 Å². The monoisotopic (exact) mass is 334 g/mol. The summed E-state index contributed by atoms with van der Waals surface area (Å²) in [6.07, 6.45) is 3.42. The zero-order valence-corrected chi connectivity index (χ0v) is 15.7. The van der Waals surface area contributed by atoms with E-state index in [1.807, 2.05) is 0 Å². The second-order valence-corrected chi connectivity index (χ2v) is 7.22. The maximum atomic E-state index is 4.35. The second-order valence-electron chi connectivity index (χ2n) is 7.22. The molecule has 0 aromatic heterocycles. The van der Waals surface area contributed by atoms with Crippen LogP contribution in [0.3, 0.4) is 0 Å². The summed E-state index contributed by atoms with van der Waals surface area (Å²) in [6, 6.07) is 17.7. The highest BCUT2D eigenvalue weighted by Gasteiger charge is 2.18. The third kappa shape index (κ3) is 4.88. The van der Waals surface area contributed by atoms with Crippen molar-refractivity contribution in [2.45, 2.75) is 33.1 Å². The summed E-state index contributed by atoms with van der Waals surface area (Å²) in [5, 5.41) is 0. The molecule has 0 spiro atoms. The van der Waals surface area contributed by atoms with E-state index in [0.717, 1.165) is 39.0 Å². The lowest BCUT2D eigenvalue weighted by Gasteiger charge is -2.38. The average Bonchev–Trinajstić information content (AvgIpc) is 2.62. The molecule has 0 unspecified atom stereocenters. The van der Waals surface area contributed by atoms with E-state index in [4.69, 9.17) is 0 Å². The molecule has 1 saturated heterocycles. The standard InChI is InChI=1S/C23H30N2/c1-19-7-4-10-22(17-19)11-6-9-21(3)24-13-15-25(16-14-24)23-12-5-8-20(2)18-23/h4-5,7-8,10,12,17-18H,3,6,9,11,13-16H2,1-2H3. The van der Waals surface area contributed by atoms with Gasteiger partial charge in [-0.25, -0.2) is 0 Å². The van der Waals surface area contributed by atoms with E-state index < -0.39 is 0 Å². The lowest BCUT2D eigenvalue weighted by Crippen LogP contribution is -2.45. The fourth-order valence-electron chi connectivity index (χ4n) is 3.63. The third-order valence-corrected chi connectivity index (χ3v) is 5.11. The van der Waals surface area contributed by atoms with Gasteiger partial charge in [-0.2, -0.15) is 0 Å². The molecule has 0 atom stereocenters. The van der Waals surface area contributed by atoms with Crippen LogP contribution in [-0.2, 0) is 6.42 Å². The van der Waals surface area contributed by atoms with Crippen LogP contribution < -0.4 is 4.90 Å². The number of rotatable bonds is 6. The Morgan fingerprint density at radius 1 is 0.920 bits per heavy atom. The van der Waals surface area contributed by atoms with Crippen molar-refractivity contribution in [3.05, 3.63) is 77.5 Å². The fraction of sp³-hybridized carbons (Fsp3) is 0.391. The van der Waals surface area contributed by atoms with Gasteiger partial charge in [0.05, 0.1) is 0 Å². The fourth-order valence-corrected chi connectivity index (χ4v) is 3.63. The van der Waals surface area contributed by atoms with Gasteiger partial charge in [0.2, 0.25) is 0 Å². The number of allylic oxidation sites excluding steroid dienone is 1. The molecule has 3 rings (SSSR count). The summed E-state index contributed by atoms with van der Waals surface area (Å²) < 4.78 is 0. The van der Waals surface area contributed by atoms with Crippen LogP contribution in [0, 0.1) is 13.8 Å². The molecule has 0 N–H and O–H groups in total. The van der Waals surface area contributed by atoms with Crippen LogP contribution in [0.25, 0.3) is 0 Å². The van der Waals surface area contributed by atoms with Gasteiger partial charge in [-0.05, 0) is 56.4 Å². The molecule has 1 heterocycles. The first-order valence-corrected chi connectivity index (χ1v) is 9.42. The minimum absolute atomic E-state index is 1.08. The highest BCUT2D eigenvalue weighted by molar-refractivity contribution is 5.48. The van der Waals surface area contributed by atoms with Crippen LogP contribution in [0.1, 0.15) is 29.5 Å².